The van der Waals surface area contributed by atoms with Gasteiger partial charge < -0.3 is 10.4 Å². The minimum Gasteiger partial charge on any atom is -0.505 e. The Kier molecular flexibility index (Phi) is 5.32. The molecule has 0 saturated heterocycles. The highest BCUT2D eigenvalue weighted by atomic mass is 35.5. The molecule has 0 radical (unpaired) electrons. The van der Waals surface area contributed by atoms with Crippen molar-refractivity contribution >= 4 is 55.5 Å². The van der Waals surface area contributed by atoms with Crippen molar-refractivity contribution in [3.05, 3.63) is 53.6 Å². The molecular formula is C18H14ClN3O5S. The van der Waals surface area contributed by atoms with E-state index in [2.05, 4.69) is 15.5 Å². The minimum absolute atomic E-state index is 0.0119. The summed E-state index contributed by atoms with van der Waals surface area (Å²) < 4.78 is 32.7. The highest BCUT2D eigenvalue weighted by Gasteiger charge is 2.20. The van der Waals surface area contributed by atoms with Crippen molar-refractivity contribution < 1.29 is 22.9 Å². The molecule has 0 aliphatic rings. The number of hydrogen-bond donors (Lipinski definition) is 3. The van der Waals surface area contributed by atoms with Crippen LogP contribution in [0.15, 0.2) is 63.7 Å². The summed E-state index contributed by atoms with van der Waals surface area (Å²) in [4.78, 5) is 11.1. The molecule has 0 spiro atoms. The number of halogens is 1. The highest BCUT2D eigenvalue weighted by molar-refractivity contribution is 7.86. The van der Waals surface area contributed by atoms with Gasteiger partial charge in [0.25, 0.3) is 10.1 Å². The fourth-order valence-corrected chi connectivity index (χ4v) is 3.42. The van der Waals surface area contributed by atoms with Crippen LogP contribution in [0.25, 0.3) is 10.8 Å². The third kappa shape index (κ3) is 4.11. The van der Waals surface area contributed by atoms with Gasteiger partial charge in [0.15, 0.2) is 5.75 Å². The first-order chi connectivity index (χ1) is 13.2. The van der Waals surface area contributed by atoms with E-state index in [1.54, 1.807) is 24.3 Å². The number of fused-ring (bicyclic) bond motifs is 1. The molecule has 0 aliphatic heterocycles. The number of hydrogen-bond acceptors (Lipinski definition) is 6. The number of carbonyl (C=O) groups excluding carboxylic acids is 1. The number of nitrogens with one attached hydrogen (secondary N) is 1. The van der Waals surface area contributed by atoms with Crippen molar-refractivity contribution in [1.82, 2.24) is 0 Å². The van der Waals surface area contributed by atoms with Crippen molar-refractivity contribution in [3.63, 3.8) is 0 Å². The maximum Gasteiger partial charge on any atom is 0.295 e. The summed E-state index contributed by atoms with van der Waals surface area (Å²) in [6.07, 6.45) is 0. The van der Waals surface area contributed by atoms with E-state index in [1.165, 1.54) is 25.1 Å². The number of azo groups is 1. The Morgan fingerprint density at radius 1 is 1.04 bits per heavy atom. The molecule has 0 aliphatic carbocycles. The molecule has 144 valence electrons. The van der Waals surface area contributed by atoms with Crippen LogP contribution in [-0.2, 0) is 14.9 Å². The van der Waals surface area contributed by atoms with Gasteiger partial charge in [0.2, 0.25) is 5.91 Å². The summed E-state index contributed by atoms with van der Waals surface area (Å²) in [5.74, 6) is -0.821. The van der Waals surface area contributed by atoms with E-state index in [0.29, 0.717) is 10.7 Å². The monoisotopic (exact) mass is 419 g/mol. The first kappa shape index (κ1) is 19.7. The second kappa shape index (κ2) is 7.55. The molecule has 0 bridgehead atoms. The third-order valence-electron chi connectivity index (χ3n) is 3.78. The van der Waals surface area contributed by atoms with E-state index in [-0.39, 0.29) is 22.1 Å². The zero-order chi connectivity index (χ0) is 20.5. The maximum atomic E-state index is 11.6. The second-order valence-corrected chi connectivity index (χ2v) is 7.63. The Bertz CT molecular complexity index is 1210. The Balaban J connectivity index is 2.20. The van der Waals surface area contributed by atoms with Crippen LogP contribution in [0.3, 0.4) is 0 Å². The molecule has 0 aromatic heterocycles. The summed E-state index contributed by atoms with van der Waals surface area (Å²) in [7, 11) is -4.55. The highest BCUT2D eigenvalue weighted by Crippen LogP contribution is 2.42. The molecule has 0 saturated carbocycles. The Morgan fingerprint density at radius 3 is 2.32 bits per heavy atom. The topological polar surface area (TPSA) is 128 Å². The van der Waals surface area contributed by atoms with E-state index < -0.39 is 26.7 Å². The normalized spacial score (nSPS) is 11.8. The van der Waals surface area contributed by atoms with Gasteiger partial charge in [-0.05, 0) is 42.5 Å². The first-order valence-corrected chi connectivity index (χ1v) is 9.69. The zero-order valence-electron chi connectivity index (χ0n) is 14.4. The Hall–Kier alpha value is -3.01. The number of rotatable bonds is 4. The molecule has 3 aromatic carbocycles. The Morgan fingerprint density at radius 2 is 1.71 bits per heavy atom. The van der Waals surface area contributed by atoms with Crippen LogP contribution in [0, 0.1) is 0 Å². The molecule has 0 fully saturated rings. The van der Waals surface area contributed by atoms with Crippen LogP contribution < -0.4 is 5.32 Å². The van der Waals surface area contributed by atoms with Gasteiger partial charge in [-0.15, -0.1) is 5.11 Å². The molecule has 3 N–H and O–H groups in total. The average Bonchev–Trinajstić information content (AvgIpc) is 2.61. The number of benzene rings is 3. The summed E-state index contributed by atoms with van der Waals surface area (Å²) in [6, 6.07) is 11.6. The van der Waals surface area contributed by atoms with E-state index in [4.69, 9.17) is 11.6 Å². The van der Waals surface area contributed by atoms with Crippen LogP contribution in [0.5, 0.6) is 5.75 Å². The number of carbonyl (C=O) groups is 1. The largest absolute Gasteiger partial charge is 0.505 e. The van der Waals surface area contributed by atoms with Gasteiger partial charge in [-0.1, -0.05) is 17.7 Å². The van der Waals surface area contributed by atoms with Crippen LogP contribution in [0.2, 0.25) is 5.02 Å². The Labute approximate surface area is 165 Å². The molecule has 28 heavy (non-hydrogen) atoms. The van der Waals surface area contributed by atoms with Gasteiger partial charge >= 0.3 is 0 Å². The van der Waals surface area contributed by atoms with Gasteiger partial charge in [0, 0.05) is 17.3 Å². The zero-order valence-corrected chi connectivity index (χ0v) is 16.0. The molecule has 3 aromatic rings. The SMILES string of the molecule is CC(=O)Nc1ccc(S(=O)(=O)O)c2ccc(N=Nc3ccc(Cl)cc3)c(O)c12. The van der Waals surface area contributed by atoms with E-state index >= 15 is 0 Å². The standard InChI is InChI=1S/C18H14ClN3O5S/c1-10(23)20-14-8-9-16(28(25,26)27)13-6-7-15(18(24)17(13)14)22-21-12-4-2-11(19)3-5-12/h2-9,24H,1H3,(H,20,23)(H,25,26,27). The number of amides is 1. The van der Waals surface area contributed by atoms with E-state index in [1.807, 2.05) is 0 Å². The predicted octanol–water partition coefficient (Wildman–Crippen LogP) is 4.82. The number of nitrogens with zero attached hydrogens (tertiary/aromatic N) is 2. The van der Waals surface area contributed by atoms with Crippen molar-refractivity contribution in [2.75, 3.05) is 5.32 Å². The smallest absolute Gasteiger partial charge is 0.295 e. The van der Waals surface area contributed by atoms with Gasteiger partial charge in [-0.2, -0.15) is 13.5 Å². The van der Waals surface area contributed by atoms with Crippen molar-refractivity contribution in [2.24, 2.45) is 10.2 Å². The van der Waals surface area contributed by atoms with E-state index in [0.717, 1.165) is 6.07 Å². The molecule has 0 heterocycles. The minimum atomic E-state index is -4.55. The fourth-order valence-electron chi connectivity index (χ4n) is 2.61. The lowest BCUT2D eigenvalue weighted by Gasteiger charge is -2.12. The molecule has 0 atom stereocenters. The summed E-state index contributed by atoms with van der Waals surface area (Å²) in [5.41, 5.74) is 0.690. The van der Waals surface area contributed by atoms with Crippen LogP contribution >= 0.6 is 11.6 Å². The van der Waals surface area contributed by atoms with E-state index in [9.17, 15) is 22.9 Å². The second-order valence-electron chi connectivity index (χ2n) is 5.80. The summed E-state index contributed by atoms with van der Waals surface area (Å²) in [5, 5.41) is 21.7. The number of aromatic hydroxyl groups is 1. The lowest BCUT2D eigenvalue weighted by Crippen LogP contribution is -2.07. The van der Waals surface area contributed by atoms with Gasteiger partial charge in [0.05, 0.1) is 16.8 Å². The van der Waals surface area contributed by atoms with Crippen LogP contribution in [0.4, 0.5) is 17.1 Å². The van der Waals surface area contributed by atoms with Crippen LogP contribution in [0.1, 0.15) is 6.92 Å². The van der Waals surface area contributed by atoms with Crippen LogP contribution in [-0.4, -0.2) is 24.0 Å². The number of anilines is 1. The van der Waals surface area contributed by atoms with Gasteiger partial charge in [-0.3, -0.25) is 9.35 Å². The lowest BCUT2D eigenvalue weighted by molar-refractivity contribution is -0.114. The number of phenols is 1. The molecule has 10 heteroatoms. The molecular weight excluding hydrogens is 406 g/mol. The predicted molar refractivity (Wildman–Crippen MR) is 105 cm³/mol. The average molecular weight is 420 g/mol. The molecule has 1 amide bonds. The lowest BCUT2D eigenvalue weighted by atomic mass is 10.1. The van der Waals surface area contributed by atoms with Crippen molar-refractivity contribution in [2.45, 2.75) is 11.8 Å². The molecule has 0 unspecified atom stereocenters. The molecule has 3 rings (SSSR count). The first-order valence-electron chi connectivity index (χ1n) is 7.88. The quantitative estimate of drug-likeness (QED) is 0.412. The summed E-state index contributed by atoms with van der Waals surface area (Å²) in [6.45, 7) is 1.27. The van der Waals surface area contributed by atoms with Crippen molar-refractivity contribution in [3.8, 4) is 5.75 Å². The number of phenolic OH excluding ortho intramolecular Hbond substituents is 1. The maximum absolute atomic E-state index is 11.6. The van der Waals surface area contributed by atoms with Gasteiger partial charge in [-0.25, -0.2) is 0 Å². The van der Waals surface area contributed by atoms with Gasteiger partial charge in [0.1, 0.15) is 10.6 Å². The molecule has 8 nitrogen and oxygen atoms in total. The fraction of sp³-hybridized carbons (Fsp3) is 0.0556. The third-order valence-corrected chi connectivity index (χ3v) is 4.95. The van der Waals surface area contributed by atoms with Crippen molar-refractivity contribution in [1.29, 1.82) is 0 Å². The summed E-state index contributed by atoms with van der Waals surface area (Å²) >= 11 is 5.81.